The predicted octanol–water partition coefficient (Wildman–Crippen LogP) is 2.72. The van der Waals surface area contributed by atoms with E-state index in [2.05, 4.69) is 15.4 Å². The van der Waals surface area contributed by atoms with Crippen molar-refractivity contribution in [2.75, 3.05) is 30.8 Å². The molecule has 0 unspecified atom stereocenters. The van der Waals surface area contributed by atoms with E-state index in [9.17, 15) is 4.79 Å². The van der Waals surface area contributed by atoms with Crippen LogP contribution in [0.1, 0.15) is 36.0 Å². The van der Waals surface area contributed by atoms with E-state index in [-0.39, 0.29) is 5.91 Å². The van der Waals surface area contributed by atoms with E-state index in [0.29, 0.717) is 40.8 Å². The van der Waals surface area contributed by atoms with Crippen LogP contribution in [0.25, 0.3) is 16.8 Å². The Bertz CT molecular complexity index is 1110. The third-order valence-corrected chi connectivity index (χ3v) is 6.48. The molecule has 10 heteroatoms. The highest BCUT2D eigenvalue weighted by molar-refractivity contribution is 7.98. The van der Waals surface area contributed by atoms with Crippen LogP contribution in [0, 0.1) is 5.92 Å². The van der Waals surface area contributed by atoms with E-state index in [1.807, 2.05) is 30.5 Å². The van der Waals surface area contributed by atoms with E-state index in [4.69, 9.17) is 17.7 Å². The Balaban J connectivity index is 1.44. The molecule has 2 aromatic heterocycles. The third kappa shape index (κ3) is 4.47. The first-order valence-corrected chi connectivity index (χ1v) is 12.2. The summed E-state index contributed by atoms with van der Waals surface area (Å²) in [6.45, 7) is 2.23. The lowest BCUT2D eigenvalue weighted by Crippen LogP contribution is -2.32. The first-order valence-electron chi connectivity index (χ1n) is 10.9. The van der Waals surface area contributed by atoms with Gasteiger partial charge >= 0.3 is 0 Å². The zero-order valence-electron chi connectivity index (χ0n) is 18.0. The average Bonchev–Trinajstić information content (AvgIpc) is 3.54. The number of fused-ring (bicyclic) bond motifs is 1. The molecule has 1 aliphatic carbocycles. The molecule has 2 aliphatic rings. The van der Waals surface area contributed by atoms with Gasteiger partial charge in [-0.05, 0) is 55.6 Å². The monoisotopic (exact) mass is 448 g/mol. The zero-order chi connectivity index (χ0) is 22.1. The lowest BCUT2D eigenvalue weighted by molar-refractivity contribution is 0.0690. The maximum Gasteiger partial charge on any atom is 0.251 e. The largest absolute Gasteiger partial charge is 0.394 e. The smallest absolute Gasteiger partial charge is 0.251 e. The van der Waals surface area contributed by atoms with Gasteiger partial charge in [0.05, 0.1) is 6.20 Å². The molecule has 0 atom stereocenters. The lowest BCUT2D eigenvalue weighted by atomic mass is 9.98. The number of benzene rings is 1. The summed E-state index contributed by atoms with van der Waals surface area (Å²) in [5.74, 6) is 0.999. The Morgan fingerprint density at radius 3 is 2.66 bits per heavy atom. The van der Waals surface area contributed by atoms with Crippen molar-refractivity contribution in [3.63, 3.8) is 0 Å². The van der Waals surface area contributed by atoms with Crippen molar-refractivity contribution in [3.8, 4) is 11.1 Å². The number of carbonyl (C=O) groups is 1. The summed E-state index contributed by atoms with van der Waals surface area (Å²) in [5, 5.41) is 8.20. The van der Waals surface area contributed by atoms with Crippen LogP contribution in [0.5, 0.6) is 0 Å². The number of nitrogens with one attached hydrogen (secondary N) is 1. The van der Waals surface area contributed by atoms with E-state index in [1.54, 1.807) is 15.5 Å². The minimum atomic E-state index is -0.0277. The Kier molecular flexibility index (Phi) is 6.06. The summed E-state index contributed by atoms with van der Waals surface area (Å²) < 4.78 is 7.16. The van der Waals surface area contributed by atoms with Crippen LogP contribution in [0.3, 0.4) is 0 Å². The molecule has 5 rings (SSSR count). The van der Waals surface area contributed by atoms with E-state index in [0.717, 1.165) is 50.0 Å². The maximum atomic E-state index is 12.3. The van der Waals surface area contributed by atoms with Crippen molar-refractivity contribution in [2.45, 2.75) is 36.9 Å². The maximum absolute atomic E-state index is 12.3. The minimum Gasteiger partial charge on any atom is -0.394 e. The molecule has 8 nitrogen and oxygen atoms in total. The number of rotatable bonds is 7. The molecule has 1 saturated carbocycles. The Hall–Kier alpha value is -2.59. The molecule has 0 spiro atoms. The molecule has 2 radical (unpaired) electrons. The molecular formula is C22H25BN6O2S. The van der Waals surface area contributed by atoms with Gasteiger partial charge in [-0.3, -0.25) is 4.79 Å². The normalized spacial score (nSPS) is 16.9. The quantitative estimate of drug-likeness (QED) is 0.440. The van der Waals surface area contributed by atoms with Gasteiger partial charge in [-0.2, -0.15) is 14.6 Å². The van der Waals surface area contributed by atoms with Crippen LogP contribution < -0.4 is 10.1 Å². The van der Waals surface area contributed by atoms with E-state index >= 15 is 0 Å². The van der Waals surface area contributed by atoms with Gasteiger partial charge in [0.25, 0.3) is 5.91 Å². The third-order valence-electron chi connectivity index (χ3n) is 5.94. The number of anilines is 1. The molecule has 2 fully saturated rings. The molecule has 3 heterocycles. The van der Waals surface area contributed by atoms with Crippen LogP contribution in [-0.4, -0.2) is 65.5 Å². The van der Waals surface area contributed by atoms with Crippen LogP contribution in [-0.2, 0) is 4.74 Å². The summed E-state index contributed by atoms with van der Waals surface area (Å²) in [6, 6.07) is 7.88. The fourth-order valence-corrected chi connectivity index (χ4v) is 4.26. The Morgan fingerprint density at radius 2 is 1.97 bits per heavy atom. The standard InChI is InChI=1S/C22H25BN6O2S/c1-32-21-26-19-18(15-2-4-16(5-3-15)20(30)25-17-6-7-17)12-24-29(19)22(27-21)28(23)13-14-8-10-31-11-9-14/h2-5,12,14,17H,6-11,13H2,1H3,(H,25,30). The SMILES string of the molecule is [B]N(CC1CCOCC1)c1nc(SC)nc2c(-c3ccc(C(=O)NC4CC4)cc3)cnn12. The number of carbonyl (C=O) groups excluding carboxylic acids is 1. The highest BCUT2D eigenvalue weighted by atomic mass is 32.2. The van der Waals surface area contributed by atoms with Crippen LogP contribution >= 0.6 is 11.8 Å². The summed E-state index contributed by atoms with van der Waals surface area (Å²) >= 11 is 1.47. The molecule has 3 aromatic rings. The van der Waals surface area contributed by atoms with Gasteiger partial charge in [0.1, 0.15) is 0 Å². The predicted molar refractivity (Wildman–Crippen MR) is 125 cm³/mol. The van der Waals surface area contributed by atoms with Crippen molar-refractivity contribution >= 4 is 37.2 Å². The van der Waals surface area contributed by atoms with Gasteiger partial charge in [0.15, 0.2) is 10.8 Å². The van der Waals surface area contributed by atoms with E-state index < -0.39 is 0 Å². The molecule has 32 heavy (non-hydrogen) atoms. The first kappa shape index (κ1) is 21.3. The first-order chi connectivity index (χ1) is 15.6. The fraction of sp³-hybridized carbons (Fsp3) is 0.455. The van der Waals surface area contributed by atoms with Gasteiger partial charge in [-0.1, -0.05) is 23.9 Å². The van der Waals surface area contributed by atoms with Gasteiger partial charge in [0.2, 0.25) is 13.9 Å². The van der Waals surface area contributed by atoms with E-state index in [1.165, 1.54) is 11.8 Å². The van der Waals surface area contributed by atoms with Crippen molar-refractivity contribution in [1.82, 2.24) is 24.9 Å². The lowest BCUT2D eigenvalue weighted by Gasteiger charge is -2.28. The van der Waals surface area contributed by atoms with Crippen molar-refractivity contribution in [3.05, 3.63) is 36.0 Å². The number of hydrogen-bond acceptors (Lipinski definition) is 7. The summed E-state index contributed by atoms with van der Waals surface area (Å²) in [4.78, 5) is 23.3. The number of amides is 1. The fourth-order valence-electron chi connectivity index (χ4n) is 3.91. The number of ether oxygens (including phenoxy) is 1. The second-order valence-electron chi connectivity index (χ2n) is 8.34. The van der Waals surface area contributed by atoms with Gasteiger partial charge in [0, 0.05) is 36.9 Å². The van der Waals surface area contributed by atoms with Gasteiger partial charge in [-0.25, -0.2) is 4.98 Å². The Labute approximate surface area is 192 Å². The highest BCUT2D eigenvalue weighted by Crippen LogP contribution is 2.28. The number of aromatic nitrogens is 4. The number of nitrogens with zero attached hydrogens (tertiary/aromatic N) is 5. The van der Waals surface area contributed by atoms with Crippen molar-refractivity contribution in [2.24, 2.45) is 5.92 Å². The molecule has 1 aliphatic heterocycles. The molecule has 1 aromatic carbocycles. The van der Waals surface area contributed by atoms with Gasteiger partial charge < -0.3 is 14.9 Å². The second kappa shape index (κ2) is 9.11. The number of hydrogen-bond donors (Lipinski definition) is 1. The highest BCUT2D eigenvalue weighted by Gasteiger charge is 2.24. The molecule has 1 amide bonds. The molecule has 0 bridgehead atoms. The second-order valence-corrected chi connectivity index (χ2v) is 9.11. The van der Waals surface area contributed by atoms with Crippen LogP contribution in [0.2, 0.25) is 0 Å². The summed E-state index contributed by atoms with van der Waals surface area (Å²) in [7, 11) is 6.45. The summed E-state index contributed by atoms with van der Waals surface area (Å²) in [6.07, 6.45) is 7.83. The van der Waals surface area contributed by atoms with Crippen LogP contribution in [0.15, 0.2) is 35.6 Å². The molecule has 1 saturated heterocycles. The molecular weight excluding hydrogens is 423 g/mol. The zero-order valence-corrected chi connectivity index (χ0v) is 18.8. The molecule has 1 N–H and O–H groups in total. The van der Waals surface area contributed by atoms with Crippen LogP contribution in [0.4, 0.5) is 5.95 Å². The van der Waals surface area contributed by atoms with Crippen molar-refractivity contribution < 1.29 is 9.53 Å². The number of thioether (sulfide) groups is 1. The topological polar surface area (TPSA) is 84.6 Å². The van der Waals surface area contributed by atoms with Crippen molar-refractivity contribution in [1.29, 1.82) is 0 Å². The molecule has 164 valence electrons. The summed E-state index contributed by atoms with van der Waals surface area (Å²) in [5.41, 5.74) is 3.16. The Morgan fingerprint density at radius 1 is 1.22 bits per heavy atom. The van der Waals surface area contributed by atoms with Gasteiger partial charge in [-0.15, -0.1) is 0 Å². The minimum absolute atomic E-state index is 0.0277. The average molecular weight is 448 g/mol.